The molecule has 0 saturated carbocycles. The van der Waals surface area contributed by atoms with Gasteiger partial charge in [0, 0.05) is 12.6 Å². The normalized spacial score (nSPS) is 27.4. The van der Waals surface area contributed by atoms with Crippen molar-refractivity contribution in [1.82, 2.24) is 10.3 Å². The van der Waals surface area contributed by atoms with Gasteiger partial charge in [-0.3, -0.25) is 5.43 Å². The largest absolute Gasteiger partial charge is 0.394 e. The third kappa shape index (κ3) is 3.33. The Morgan fingerprint density at radius 1 is 1.69 bits per heavy atom. The highest BCUT2D eigenvalue weighted by molar-refractivity contribution is 5.80. The van der Waals surface area contributed by atoms with E-state index in [1.165, 1.54) is 0 Å². The van der Waals surface area contributed by atoms with Crippen LogP contribution in [0.2, 0.25) is 0 Å². The van der Waals surface area contributed by atoms with Crippen LogP contribution in [0.15, 0.2) is 4.99 Å². The molecule has 0 aromatic carbocycles. The fourth-order valence-electron chi connectivity index (χ4n) is 1.66. The van der Waals surface area contributed by atoms with Gasteiger partial charge < -0.3 is 14.7 Å². The zero-order chi connectivity index (χ0) is 12.1. The number of aliphatic imine (C=N–C) groups is 1. The highest BCUT2D eigenvalue weighted by Crippen LogP contribution is 2.11. The fourth-order valence-corrected chi connectivity index (χ4v) is 1.66. The summed E-state index contributed by atoms with van der Waals surface area (Å²) < 4.78 is 5.45. The van der Waals surface area contributed by atoms with E-state index in [0.29, 0.717) is 19.1 Å². The zero-order valence-electron chi connectivity index (χ0n) is 10.2. The summed E-state index contributed by atoms with van der Waals surface area (Å²) in [5, 5.41) is 9.09. The Morgan fingerprint density at radius 2 is 2.38 bits per heavy atom. The molecule has 6 heteroatoms. The number of aliphatic hydroxyl groups is 1. The molecule has 1 fully saturated rings. The average Bonchev–Trinajstić information content (AvgIpc) is 2.26. The molecular weight excluding hydrogens is 208 g/mol. The Balaban J connectivity index is 2.73. The summed E-state index contributed by atoms with van der Waals surface area (Å²) in [5.74, 6) is 6.13. The van der Waals surface area contributed by atoms with Gasteiger partial charge in [-0.15, -0.1) is 0 Å². The molecule has 2 atom stereocenters. The van der Waals surface area contributed by atoms with Gasteiger partial charge in [0.25, 0.3) is 0 Å². The number of hydrazine groups is 1. The van der Waals surface area contributed by atoms with Crippen LogP contribution in [0.1, 0.15) is 20.8 Å². The van der Waals surface area contributed by atoms with E-state index in [0.717, 1.165) is 0 Å². The summed E-state index contributed by atoms with van der Waals surface area (Å²) in [4.78, 5) is 6.44. The zero-order valence-corrected chi connectivity index (χ0v) is 10.2. The third-order valence-electron chi connectivity index (χ3n) is 2.49. The van der Waals surface area contributed by atoms with Crippen molar-refractivity contribution in [2.75, 3.05) is 19.8 Å². The standard InChI is InChI=1S/C10H22N4O2/c1-7(2)12-10(13-11)14-4-9(5-15)16-6-8(14)3/h7-9,15H,4-6,11H2,1-3H3,(H,12,13). The molecule has 0 spiro atoms. The minimum atomic E-state index is -0.165. The predicted octanol–water partition coefficient (Wildman–Crippen LogP) is -0.704. The van der Waals surface area contributed by atoms with Crippen molar-refractivity contribution in [3.8, 4) is 0 Å². The second-order valence-electron chi connectivity index (χ2n) is 4.33. The Labute approximate surface area is 96.4 Å². The Bertz CT molecular complexity index is 245. The predicted molar refractivity (Wildman–Crippen MR) is 62.9 cm³/mol. The van der Waals surface area contributed by atoms with Crippen molar-refractivity contribution >= 4 is 5.96 Å². The SMILES string of the molecule is CC(C)N=C(NN)N1CC(CO)OCC1C. The molecule has 1 aliphatic heterocycles. The number of aliphatic hydroxyl groups excluding tert-OH is 1. The van der Waals surface area contributed by atoms with Gasteiger partial charge in [0.1, 0.15) is 0 Å². The lowest BCUT2D eigenvalue weighted by Gasteiger charge is -2.39. The first-order valence-electron chi connectivity index (χ1n) is 5.62. The molecular formula is C10H22N4O2. The summed E-state index contributed by atoms with van der Waals surface area (Å²) in [6.45, 7) is 7.22. The maximum Gasteiger partial charge on any atom is 0.209 e. The number of nitrogens with two attached hydrogens (primary N) is 1. The molecule has 2 unspecified atom stereocenters. The summed E-state index contributed by atoms with van der Waals surface area (Å²) in [6, 6.07) is 0.380. The number of nitrogens with zero attached hydrogens (tertiary/aromatic N) is 2. The summed E-state index contributed by atoms with van der Waals surface area (Å²) in [5.41, 5.74) is 2.62. The second-order valence-corrected chi connectivity index (χ2v) is 4.33. The smallest absolute Gasteiger partial charge is 0.209 e. The van der Waals surface area contributed by atoms with Gasteiger partial charge in [-0.05, 0) is 20.8 Å². The summed E-state index contributed by atoms with van der Waals surface area (Å²) in [7, 11) is 0. The maximum absolute atomic E-state index is 9.09. The molecule has 1 saturated heterocycles. The number of hydrogen-bond donors (Lipinski definition) is 3. The molecule has 1 heterocycles. The molecule has 0 aromatic heterocycles. The topological polar surface area (TPSA) is 83.1 Å². The Kier molecular flexibility index (Phi) is 4.98. The minimum Gasteiger partial charge on any atom is -0.394 e. The molecule has 0 aliphatic carbocycles. The van der Waals surface area contributed by atoms with Crippen LogP contribution in [0.4, 0.5) is 0 Å². The number of nitrogens with one attached hydrogen (secondary N) is 1. The monoisotopic (exact) mass is 230 g/mol. The van der Waals surface area contributed by atoms with Crippen LogP contribution < -0.4 is 11.3 Å². The number of ether oxygens (including phenoxy) is 1. The van der Waals surface area contributed by atoms with E-state index < -0.39 is 0 Å². The second kappa shape index (κ2) is 6.03. The quantitative estimate of drug-likeness (QED) is 0.253. The highest BCUT2D eigenvalue weighted by atomic mass is 16.5. The van der Waals surface area contributed by atoms with E-state index >= 15 is 0 Å². The minimum absolute atomic E-state index is 0.0166. The number of morpholine rings is 1. The van der Waals surface area contributed by atoms with Gasteiger partial charge in [-0.2, -0.15) is 0 Å². The van der Waals surface area contributed by atoms with Crippen molar-refractivity contribution in [2.45, 2.75) is 39.0 Å². The van der Waals surface area contributed by atoms with Gasteiger partial charge in [-0.25, -0.2) is 10.8 Å². The first-order chi connectivity index (χ1) is 7.58. The van der Waals surface area contributed by atoms with Crippen LogP contribution in [0.3, 0.4) is 0 Å². The van der Waals surface area contributed by atoms with Crippen molar-refractivity contribution in [3.05, 3.63) is 0 Å². The number of hydrogen-bond acceptors (Lipinski definition) is 4. The Hall–Kier alpha value is -0.850. The van der Waals surface area contributed by atoms with Crippen LogP contribution >= 0.6 is 0 Å². The molecule has 16 heavy (non-hydrogen) atoms. The van der Waals surface area contributed by atoms with Gasteiger partial charge in [0.05, 0.1) is 25.4 Å². The van der Waals surface area contributed by atoms with Crippen molar-refractivity contribution in [2.24, 2.45) is 10.8 Å². The van der Waals surface area contributed by atoms with E-state index in [9.17, 15) is 0 Å². The molecule has 6 nitrogen and oxygen atoms in total. The third-order valence-corrected chi connectivity index (χ3v) is 2.49. The van der Waals surface area contributed by atoms with Crippen LogP contribution in [-0.4, -0.2) is 53.9 Å². The molecule has 0 aromatic rings. The van der Waals surface area contributed by atoms with Gasteiger partial charge in [0.15, 0.2) is 0 Å². The Morgan fingerprint density at radius 3 is 2.88 bits per heavy atom. The molecule has 0 amide bonds. The molecule has 1 rings (SSSR count). The van der Waals surface area contributed by atoms with E-state index in [-0.39, 0.29) is 24.8 Å². The highest BCUT2D eigenvalue weighted by Gasteiger charge is 2.27. The van der Waals surface area contributed by atoms with E-state index in [1.807, 2.05) is 25.7 Å². The lowest BCUT2D eigenvalue weighted by atomic mass is 10.2. The van der Waals surface area contributed by atoms with E-state index in [4.69, 9.17) is 15.7 Å². The number of guanidine groups is 1. The number of rotatable bonds is 2. The molecule has 0 radical (unpaired) electrons. The van der Waals surface area contributed by atoms with Gasteiger partial charge in [0.2, 0.25) is 5.96 Å². The lowest BCUT2D eigenvalue weighted by Crippen LogP contribution is -2.57. The summed E-state index contributed by atoms with van der Waals surface area (Å²) >= 11 is 0. The maximum atomic E-state index is 9.09. The van der Waals surface area contributed by atoms with Crippen LogP contribution in [-0.2, 0) is 4.74 Å². The first kappa shape index (κ1) is 13.2. The van der Waals surface area contributed by atoms with E-state index in [1.54, 1.807) is 0 Å². The van der Waals surface area contributed by atoms with Crippen molar-refractivity contribution in [3.63, 3.8) is 0 Å². The van der Waals surface area contributed by atoms with Crippen LogP contribution in [0, 0.1) is 0 Å². The fraction of sp³-hybridized carbons (Fsp3) is 0.900. The average molecular weight is 230 g/mol. The van der Waals surface area contributed by atoms with Crippen molar-refractivity contribution < 1.29 is 9.84 Å². The van der Waals surface area contributed by atoms with Gasteiger partial charge in [-0.1, -0.05) is 0 Å². The molecule has 0 bridgehead atoms. The summed E-state index contributed by atoms with van der Waals surface area (Å²) in [6.07, 6.45) is -0.165. The van der Waals surface area contributed by atoms with Crippen LogP contribution in [0.5, 0.6) is 0 Å². The first-order valence-corrected chi connectivity index (χ1v) is 5.62. The molecule has 94 valence electrons. The molecule has 1 aliphatic rings. The van der Waals surface area contributed by atoms with Crippen LogP contribution in [0.25, 0.3) is 0 Å². The van der Waals surface area contributed by atoms with E-state index in [2.05, 4.69) is 10.4 Å². The van der Waals surface area contributed by atoms with Gasteiger partial charge >= 0.3 is 0 Å². The van der Waals surface area contributed by atoms with Crippen molar-refractivity contribution in [1.29, 1.82) is 0 Å². The molecule has 4 N–H and O–H groups in total. The lowest BCUT2D eigenvalue weighted by molar-refractivity contribution is -0.0570.